The Morgan fingerprint density at radius 2 is 1.96 bits per heavy atom. The van der Waals surface area contributed by atoms with Gasteiger partial charge in [-0.05, 0) is 24.6 Å². The van der Waals surface area contributed by atoms with E-state index < -0.39 is 0 Å². The van der Waals surface area contributed by atoms with Crippen molar-refractivity contribution >= 4 is 11.7 Å². The molecule has 1 saturated heterocycles. The summed E-state index contributed by atoms with van der Waals surface area (Å²) in [7, 11) is 1.63. The smallest absolute Gasteiger partial charge is 0.322 e. The molecule has 6 nitrogen and oxygen atoms in total. The van der Waals surface area contributed by atoms with Gasteiger partial charge in [0, 0.05) is 25.4 Å². The summed E-state index contributed by atoms with van der Waals surface area (Å²) in [6, 6.07) is 17.2. The Bertz CT molecular complexity index is 738. The van der Waals surface area contributed by atoms with E-state index in [1.807, 2.05) is 61.5 Å². The molecule has 6 heteroatoms. The first-order valence-corrected chi connectivity index (χ1v) is 9.14. The predicted molar refractivity (Wildman–Crippen MR) is 104 cm³/mol. The van der Waals surface area contributed by atoms with Crippen molar-refractivity contribution in [3.8, 4) is 5.75 Å². The molecule has 2 amide bonds. The molecule has 0 saturated carbocycles. The molecule has 1 heterocycles. The van der Waals surface area contributed by atoms with Gasteiger partial charge in [0.1, 0.15) is 18.5 Å². The van der Waals surface area contributed by atoms with Crippen molar-refractivity contribution < 1.29 is 19.0 Å². The zero-order valence-electron chi connectivity index (χ0n) is 15.8. The van der Waals surface area contributed by atoms with Gasteiger partial charge in [-0.3, -0.25) is 0 Å². The Labute approximate surface area is 160 Å². The Morgan fingerprint density at radius 1 is 1.15 bits per heavy atom. The zero-order valence-corrected chi connectivity index (χ0v) is 15.8. The molecule has 27 heavy (non-hydrogen) atoms. The van der Waals surface area contributed by atoms with Gasteiger partial charge >= 0.3 is 6.03 Å². The third-order valence-corrected chi connectivity index (χ3v) is 4.36. The van der Waals surface area contributed by atoms with Gasteiger partial charge in [0.2, 0.25) is 0 Å². The number of carbonyl (C=O) groups excluding carboxylic acids is 1. The summed E-state index contributed by atoms with van der Waals surface area (Å²) in [6.45, 7) is 4.04. The van der Waals surface area contributed by atoms with Gasteiger partial charge in [-0.15, -0.1) is 0 Å². The monoisotopic (exact) mass is 370 g/mol. The van der Waals surface area contributed by atoms with Crippen molar-refractivity contribution in [2.24, 2.45) is 0 Å². The lowest BCUT2D eigenvalue weighted by Gasteiger charge is -2.37. The fourth-order valence-corrected chi connectivity index (χ4v) is 3.08. The van der Waals surface area contributed by atoms with E-state index in [0.717, 1.165) is 5.56 Å². The number of ether oxygens (including phenoxy) is 3. The summed E-state index contributed by atoms with van der Waals surface area (Å²) in [6.07, 6.45) is -0.150. The normalized spacial score (nSPS) is 19.6. The van der Waals surface area contributed by atoms with Crippen molar-refractivity contribution in [3.05, 3.63) is 60.2 Å². The molecule has 2 unspecified atom stereocenters. The van der Waals surface area contributed by atoms with E-state index in [4.69, 9.17) is 14.2 Å². The molecule has 2 aromatic carbocycles. The first-order chi connectivity index (χ1) is 13.2. The lowest BCUT2D eigenvalue weighted by Crippen LogP contribution is -2.47. The average molecular weight is 370 g/mol. The largest absolute Gasteiger partial charge is 0.491 e. The number of carbonyl (C=O) groups is 1. The highest BCUT2D eigenvalue weighted by molar-refractivity contribution is 5.89. The topological polar surface area (TPSA) is 60.0 Å². The summed E-state index contributed by atoms with van der Waals surface area (Å²) >= 11 is 0. The molecule has 1 N–H and O–H groups in total. The number of hydrogen-bond donors (Lipinski definition) is 1. The maximum atomic E-state index is 12.8. The maximum absolute atomic E-state index is 12.8. The molecule has 0 spiro atoms. The quantitative estimate of drug-likeness (QED) is 0.788. The number of urea groups is 1. The molecule has 2 aromatic rings. The fourth-order valence-electron chi connectivity index (χ4n) is 3.08. The molecule has 0 aromatic heterocycles. The highest BCUT2D eigenvalue weighted by Gasteiger charge is 2.29. The van der Waals surface area contributed by atoms with Crippen LogP contribution in [0.2, 0.25) is 0 Å². The Hall–Kier alpha value is -2.57. The SMILES string of the molecule is COCCOc1cccc(NC(=O)N2CC(C)OC(c3ccccc3)C2)c1. The van der Waals surface area contributed by atoms with Crippen molar-refractivity contribution in [2.45, 2.75) is 19.1 Å². The number of nitrogens with one attached hydrogen (secondary N) is 1. The first-order valence-electron chi connectivity index (χ1n) is 9.14. The van der Waals surface area contributed by atoms with Crippen LogP contribution in [-0.4, -0.2) is 50.4 Å². The summed E-state index contributed by atoms with van der Waals surface area (Å²) in [5.74, 6) is 0.697. The zero-order chi connectivity index (χ0) is 19.1. The molecule has 1 aliphatic rings. The average Bonchev–Trinajstić information content (AvgIpc) is 2.69. The minimum absolute atomic E-state index is 0.0292. The minimum atomic E-state index is -0.139. The number of benzene rings is 2. The summed E-state index contributed by atoms with van der Waals surface area (Å²) in [5.41, 5.74) is 1.78. The third-order valence-electron chi connectivity index (χ3n) is 4.36. The van der Waals surface area contributed by atoms with E-state index in [9.17, 15) is 4.79 Å². The molecule has 0 aliphatic carbocycles. The molecular formula is C21H26N2O4. The van der Waals surface area contributed by atoms with E-state index >= 15 is 0 Å². The lowest BCUT2D eigenvalue weighted by molar-refractivity contribution is -0.0642. The third kappa shape index (κ3) is 5.45. The Morgan fingerprint density at radius 3 is 2.74 bits per heavy atom. The highest BCUT2D eigenvalue weighted by Crippen LogP contribution is 2.26. The predicted octanol–water partition coefficient (Wildman–Crippen LogP) is 3.71. The molecule has 144 valence electrons. The van der Waals surface area contributed by atoms with E-state index in [0.29, 0.717) is 37.7 Å². The number of morpholine rings is 1. The summed E-state index contributed by atoms with van der Waals surface area (Å²) in [5, 5.41) is 2.96. The van der Waals surface area contributed by atoms with Crippen LogP contribution in [0.25, 0.3) is 0 Å². The van der Waals surface area contributed by atoms with Gasteiger partial charge in [-0.1, -0.05) is 36.4 Å². The second-order valence-electron chi connectivity index (χ2n) is 6.55. The van der Waals surface area contributed by atoms with Gasteiger partial charge in [0.15, 0.2) is 0 Å². The second-order valence-corrected chi connectivity index (χ2v) is 6.55. The minimum Gasteiger partial charge on any atom is -0.491 e. The Balaban J connectivity index is 1.62. The van der Waals surface area contributed by atoms with E-state index in [-0.39, 0.29) is 18.2 Å². The summed E-state index contributed by atoms with van der Waals surface area (Å²) in [4.78, 5) is 14.6. The van der Waals surface area contributed by atoms with Gasteiger partial charge in [-0.2, -0.15) is 0 Å². The molecule has 2 atom stereocenters. The number of nitrogens with zero attached hydrogens (tertiary/aromatic N) is 1. The van der Waals surface area contributed by atoms with Crippen molar-refractivity contribution in [2.75, 3.05) is 38.7 Å². The summed E-state index contributed by atoms with van der Waals surface area (Å²) < 4.78 is 16.6. The molecule has 0 radical (unpaired) electrons. The van der Waals surface area contributed by atoms with Crippen LogP contribution in [0.4, 0.5) is 10.5 Å². The second kappa shape index (κ2) is 9.39. The van der Waals surface area contributed by atoms with Crippen LogP contribution < -0.4 is 10.1 Å². The van der Waals surface area contributed by atoms with E-state index in [1.54, 1.807) is 12.0 Å². The van der Waals surface area contributed by atoms with Crippen molar-refractivity contribution in [1.82, 2.24) is 4.90 Å². The van der Waals surface area contributed by atoms with Crippen LogP contribution in [0.1, 0.15) is 18.6 Å². The van der Waals surface area contributed by atoms with Crippen LogP contribution in [0, 0.1) is 0 Å². The molecule has 3 rings (SSSR count). The van der Waals surface area contributed by atoms with Crippen LogP contribution >= 0.6 is 0 Å². The van der Waals surface area contributed by atoms with Crippen LogP contribution in [-0.2, 0) is 9.47 Å². The van der Waals surface area contributed by atoms with Crippen molar-refractivity contribution in [3.63, 3.8) is 0 Å². The van der Waals surface area contributed by atoms with Crippen LogP contribution in [0.3, 0.4) is 0 Å². The number of rotatable bonds is 6. The van der Waals surface area contributed by atoms with Gasteiger partial charge in [0.25, 0.3) is 0 Å². The number of anilines is 1. The van der Waals surface area contributed by atoms with E-state index in [1.165, 1.54) is 0 Å². The molecule has 1 aliphatic heterocycles. The van der Waals surface area contributed by atoms with Crippen molar-refractivity contribution in [1.29, 1.82) is 0 Å². The Kier molecular flexibility index (Phi) is 6.68. The lowest BCUT2D eigenvalue weighted by atomic mass is 10.1. The van der Waals surface area contributed by atoms with Gasteiger partial charge < -0.3 is 24.4 Å². The first kappa shape index (κ1) is 19.2. The number of methoxy groups -OCH3 is 1. The highest BCUT2D eigenvalue weighted by atomic mass is 16.5. The van der Waals surface area contributed by atoms with Crippen LogP contribution in [0.5, 0.6) is 5.75 Å². The van der Waals surface area contributed by atoms with Crippen LogP contribution in [0.15, 0.2) is 54.6 Å². The molecule has 1 fully saturated rings. The molecule has 0 bridgehead atoms. The maximum Gasteiger partial charge on any atom is 0.322 e. The van der Waals surface area contributed by atoms with Gasteiger partial charge in [-0.25, -0.2) is 4.79 Å². The number of hydrogen-bond acceptors (Lipinski definition) is 4. The fraction of sp³-hybridized carbons (Fsp3) is 0.381. The van der Waals surface area contributed by atoms with Gasteiger partial charge in [0.05, 0.1) is 19.3 Å². The standard InChI is InChI=1S/C21H26N2O4/c1-16-14-23(15-20(27-16)17-7-4-3-5-8-17)21(24)22-18-9-6-10-19(13-18)26-12-11-25-2/h3-10,13,16,20H,11-12,14-15H2,1-2H3,(H,22,24). The van der Waals surface area contributed by atoms with E-state index in [2.05, 4.69) is 5.32 Å². The number of amides is 2. The molecular weight excluding hydrogens is 344 g/mol.